The third-order valence-electron chi connectivity index (χ3n) is 5.71. The average molecular weight is 361 g/mol. The summed E-state index contributed by atoms with van der Waals surface area (Å²) in [5, 5.41) is 2.86. The minimum absolute atomic E-state index is 0.00464. The number of nitrogens with one attached hydrogen (secondary N) is 1. The number of carbonyl (C=O) groups is 2. The maximum atomic E-state index is 12.8. The number of aromatic nitrogens is 1. The van der Waals surface area contributed by atoms with Crippen LogP contribution >= 0.6 is 0 Å². The molecule has 1 saturated heterocycles. The summed E-state index contributed by atoms with van der Waals surface area (Å²) in [6.45, 7) is 5.70. The molecule has 0 saturated carbocycles. The quantitative estimate of drug-likeness (QED) is 0.826. The lowest BCUT2D eigenvalue weighted by Gasteiger charge is -2.43. The maximum Gasteiger partial charge on any atom is 0.328 e. The Morgan fingerprint density at radius 2 is 2.08 bits per heavy atom. The SMILES string of the molecule is CC[C@@H](C)[C@H](NC(=O)N1C[C@@H]2C[C@H](C1)c1cccc(=O)n1C2)C(=O)OC. The number of carbonyl (C=O) groups excluding carboxylic acids is 2. The van der Waals surface area contributed by atoms with E-state index in [4.69, 9.17) is 4.74 Å². The zero-order valence-corrected chi connectivity index (χ0v) is 15.6. The highest BCUT2D eigenvalue weighted by Crippen LogP contribution is 2.34. The van der Waals surface area contributed by atoms with E-state index in [-0.39, 0.29) is 29.3 Å². The molecule has 142 valence electrons. The van der Waals surface area contributed by atoms with Gasteiger partial charge >= 0.3 is 12.0 Å². The van der Waals surface area contributed by atoms with Crippen molar-refractivity contribution in [1.29, 1.82) is 0 Å². The van der Waals surface area contributed by atoms with Crippen molar-refractivity contribution in [2.24, 2.45) is 11.8 Å². The van der Waals surface area contributed by atoms with E-state index in [0.29, 0.717) is 19.6 Å². The first-order chi connectivity index (χ1) is 12.4. The molecule has 0 aliphatic carbocycles. The van der Waals surface area contributed by atoms with Crippen molar-refractivity contribution in [2.75, 3.05) is 20.2 Å². The summed E-state index contributed by atoms with van der Waals surface area (Å²) in [6.07, 6.45) is 1.75. The Balaban J connectivity index is 1.74. The molecule has 0 aromatic carbocycles. The van der Waals surface area contributed by atoms with Gasteiger partial charge in [-0.2, -0.15) is 0 Å². The van der Waals surface area contributed by atoms with Crippen LogP contribution in [0, 0.1) is 11.8 Å². The monoisotopic (exact) mass is 361 g/mol. The van der Waals surface area contributed by atoms with Crippen molar-refractivity contribution in [3.63, 3.8) is 0 Å². The van der Waals surface area contributed by atoms with Gasteiger partial charge < -0.3 is 19.5 Å². The van der Waals surface area contributed by atoms with E-state index in [1.165, 1.54) is 7.11 Å². The van der Waals surface area contributed by atoms with Crippen molar-refractivity contribution in [3.8, 4) is 0 Å². The molecule has 2 aliphatic heterocycles. The highest BCUT2D eigenvalue weighted by Gasteiger charge is 2.37. The minimum atomic E-state index is -0.644. The topological polar surface area (TPSA) is 80.6 Å². The van der Waals surface area contributed by atoms with Crippen LogP contribution in [0.25, 0.3) is 0 Å². The average Bonchev–Trinajstić information content (AvgIpc) is 2.65. The summed E-state index contributed by atoms with van der Waals surface area (Å²) in [6, 6.07) is 4.46. The molecule has 7 nitrogen and oxygen atoms in total. The van der Waals surface area contributed by atoms with Crippen molar-refractivity contribution in [1.82, 2.24) is 14.8 Å². The summed E-state index contributed by atoms with van der Waals surface area (Å²) in [5.74, 6) is -0.00797. The number of rotatable bonds is 4. The van der Waals surface area contributed by atoms with E-state index >= 15 is 0 Å². The highest BCUT2D eigenvalue weighted by atomic mass is 16.5. The predicted molar refractivity (Wildman–Crippen MR) is 96.9 cm³/mol. The van der Waals surface area contributed by atoms with Crippen LogP contribution in [0.15, 0.2) is 23.0 Å². The van der Waals surface area contributed by atoms with Crippen LogP contribution in [0.1, 0.15) is 38.3 Å². The molecule has 26 heavy (non-hydrogen) atoms. The summed E-state index contributed by atoms with van der Waals surface area (Å²) < 4.78 is 6.69. The first-order valence-corrected chi connectivity index (χ1v) is 9.27. The first-order valence-electron chi connectivity index (χ1n) is 9.27. The van der Waals surface area contributed by atoms with Gasteiger partial charge in [0.2, 0.25) is 0 Å². The standard InChI is InChI=1S/C19H27N3O4/c1-4-12(2)17(18(24)26-3)20-19(25)21-9-13-8-14(11-21)15-6-5-7-16(23)22(15)10-13/h5-7,12-14,17H,4,8-11H2,1-3H3,(H,20,25)/t12-,13+,14-,17+/m1/s1. The van der Waals surface area contributed by atoms with Crippen LogP contribution in [0.5, 0.6) is 0 Å². The Bertz CT molecular complexity index is 745. The van der Waals surface area contributed by atoms with Crippen LogP contribution in [0.2, 0.25) is 0 Å². The Hall–Kier alpha value is -2.31. The van der Waals surface area contributed by atoms with Crippen LogP contribution in [0.4, 0.5) is 4.79 Å². The number of urea groups is 1. The lowest BCUT2D eigenvalue weighted by atomic mass is 9.83. The number of hydrogen-bond donors (Lipinski definition) is 1. The number of amides is 2. The molecule has 0 radical (unpaired) electrons. The number of ether oxygens (including phenoxy) is 1. The minimum Gasteiger partial charge on any atom is -0.467 e. The van der Waals surface area contributed by atoms with E-state index in [9.17, 15) is 14.4 Å². The number of likely N-dealkylation sites (tertiary alicyclic amines) is 1. The lowest BCUT2D eigenvalue weighted by molar-refractivity contribution is -0.144. The maximum absolute atomic E-state index is 12.8. The van der Waals surface area contributed by atoms with Gasteiger partial charge in [-0.3, -0.25) is 4.79 Å². The van der Waals surface area contributed by atoms with Gasteiger partial charge in [0.05, 0.1) is 7.11 Å². The summed E-state index contributed by atoms with van der Waals surface area (Å²) >= 11 is 0. The fraction of sp³-hybridized carbons (Fsp3) is 0.632. The third-order valence-corrected chi connectivity index (χ3v) is 5.71. The second kappa shape index (κ2) is 7.51. The van der Waals surface area contributed by atoms with Crippen molar-refractivity contribution >= 4 is 12.0 Å². The Morgan fingerprint density at radius 1 is 1.31 bits per heavy atom. The fourth-order valence-corrected chi connectivity index (χ4v) is 4.08. The van der Waals surface area contributed by atoms with Crippen molar-refractivity contribution in [2.45, 2.75) is 45.2 Å². The van der Waals surface area contributed by atoms with Crippen LogP contribution < -0.4 is 10.9 Å². The predicted octanol–water partition coefficient (Wildman–Crippen LogP) is 1.56. The number of methoxy groups -OCH3 is 1. The Morgan fingerprint density at radius 3 is 2.77 bits per heavy atom. The summed E-state index contributed by atoms with van der Waals surface area (Å²) in [5.41, 5.74) is 1.02. The zero-order chi connectivity index (χ0) is 18.8. The number of hydrogen-bond acceptors (Lipinski definition) is 4. The van der Waals surface area contributed by atoms with Gasteiger partial charge in [-0.05, 0) is 24.3 Å². The van der Waals surface area contributed by atoms with Crippen molar-refractivity contribution in [3.05, 3.63) is 34.2 Å². The molecule has 1 fully saturated rings. The van der Waals surface area contributed by atoms with Crippen molar-refractivity contribution < 1.29 is 14.3 Å². The van der Waals surface area contributed by atoms with Gasteiger partial charge in [-0.1, -0.05) is 26.3 Å². The van der Waals surface area contributed by atoms with E-state index in [1.807, 2.05) is 24.5 Å². The third kappa shape index (κ3) is 3.48. The zero-order valence-electron chi connectivity index (χ0n) is 15.6. The summed E-state index contributed by atoms with van der Waals surface area (Å²) in [7, 11) is 1.34. The van der Waals surface area contributed by atoms with Crippen LogP contribution in [0.3, 0.4) is 0 Å². The second-order valence-corrected chi connectivity index (χ2v) is 7.44. The molecule has 4 atom stereocenters. The second-order valence-electron chi connectivity index (χ2n) is 7.44. The smallest absolute Gasteiger partial charge is 0.328 e. The molecule has 7 heteroatoms. The van der Waals surface area contributed by atoms with Crippen LogP contribution in [-0.2, 0) is 16.1 Å². The van der Waals surface area contributed by atoms with Gasteiger partial charge in [-0.15, -0.1) is 0 Å². The van der Waals surface area contributed by atoms with E-state index in [1.54, 1.807) is 17.0 Å². The van der Waals surface area contributed by atoms with Gasteiger partial charge in [0, 0.05) is 37.3 Å². The molecule has 1 N–H and O–H groups in total. The molecular formula is C19H27N3O4. The largest absolute Gasteiger partial charge is 0.467 e. The molecular weight excluding hydrogens is 334 g/mol. The van der Waals surface area contributed by atoms with E-state index < -0.39 is 12.0 Å². The number of piperidine rings is 1. The Labute approximate surface area is 153 Å². The first kappa shape index (κ1) is 18.5. The lowest BCUT2D eigenvalue weighted by Crippen LogP contribution is -2.55. The Kier molecular flexibility index (Phi) is 5.34. The number of nitrogens with zero attached hydrogens (tertiary/aromatic N) is 2. The number of pyridine rings is 1. The highest BCUT2D eigenvalue weighted by molar-refractivity contribution is 5.84. The molecule has 1 aromatic heterocycles. The summed E-state index contributed by atoms with van der Waals surface area (Å²) in [4.78, 5) is 38.7. The van der Waals surface area contributed by atoms with Gasteiger partial charge in [0.1, 0.15) is 6.04 Å². The molecule has 2 amide bonds. The number of fused-ring (bicyclic) bond motifs is 4. The molecule has 3 heterocycles. The molecule has 3 rings (SSSR count). The molecule has 2 bridgehead atoms. The normalized spacial score (nSPS) is 23.6. The fourth-order valence-electron chi connectivity index (χ4n) is 4.08. The van der Waals surface area contributed by atoms with Gasteiger partial charge in [0.15, 0.2) is 0 Å². The van der Waals surface area contributed by atoms with Gasteiger partial charge in [-0.25, -0.2) is 9.59 Å². The molecule has 0 unspecified atom stereocenters. The molecule has 2 aliphatic rings. The van der Waals surface area contributed by atoms with E-state index in [2.05, 4.69) is 5.32 Å². The molecule has 1 aromatic rings. The molecule has 0 spiro atoms. The number of esters is 1. The van der Waals surface area contributed by atoms with Crippen LogP contribution in [-0.4, -0.2) is 47.7 Å². The van der Waals surface area contributed by atoms with E-state index in [0.717, 1.165) is 18.5 Å². The van der Waals surface area contributed by atoms with Gasteiger partial charge in [0.25, 0.3) is 5.56 Å².